The smallest absolute Gasteiger partial charge is 0.231 e. The summed E-state index contributed by atoms with van der Waals surface area (Å²) in [6.07, 6.45) is 0. The maximum Gasteiger partial charge on any atom is 0.231 e. The summed E-state index contributed by atoms with van der Waals surface area (Å²) in [5.74, 6) is -0.203. The van der Waals surface area contributed by atoms with Gasteiger partial charge in [0, 0.05) is 11.2 Å². The van der Waals surface area contributed by atoms with Gasteiger partial charge >= 0.3 is 0 Å². The average Bonchev–Trinajstić information content (AvgIpc) is 2.30. The maximum absolute atomic E-state index is 12.3. The van der Waals surface area contributed by atoms with Crippen LogP contribution in [0, 0.1) is 16.7 Å². The molecule has 1 rings (SSSR count). The standard InChI is InChI=1S/C14H18ClN3O/c1-13(2,14(3,4)17)12(19)18-10-5-6-11(15)9(7-10)8-16/h5-7H,17H2,1-4H3,(H,18,19). The van der Waals surface area contributed by atoms with Crippen molar-refractivity contribution in [3.8, 4) is 6.07 Å². The molecule has 3 N–H and O–H groups in total. The quantitative estimate of drug-likeness (QED) is 0.893. The molecule has 0 aliphatic heterocycles. The predicted molar refractivity (Wildman–Crippen MR) is 76.8 cm³/mol. The summed E-state index contributed by atoms with van der Waals surface area (Å²) >= 11 is 5.84. The Bertz CT molecular complexity index is 539. The van der Waals surface area contributed by atoms with Crippen LogP contribution < -0.4 is 11.1 Å². The Labute approximate surface area is 118 Å². The number of benzene rings is 1. The molecule has 0 aliphatic rings. The lowest BCUT2D eigenvalue weighted by atomic mass is 9.74. The van der Waals surface area contributed by atoms with Gasteiger partial charge in [0.15, 0.2) is 0 Å². The highest BCUT2D eigenvalue weighted by Crippen LogP contribution is 2.30. The lowest BCUT2D eigenvalue weighted by Crippen LogP contribution is -2.53. The van der Waals surface area contributed by atoms with Crippen LogP contribution in [0.5, 0.6) is 0 Å². The third kappa shape index (κ3) is 3.25. The fraction of sp³-hybridized carbons (Fsp3) is 0.429. The van der Waals surface area contributed by atoms with Gasteiger partial charge in [0.25, 0.3) is 0 Å². The highest BCUT2D eigenvalue weighted by molar-refractivity contribution is 6.31. The van der Waals surface area contributed by atoms with Gasteiger partial charge in [-0.2, -0.15) is 5.26 Å². The highest BCUT2D eigenvalue weighted by atomic mass is 35.5. The molecule has 0 radical (unpaired) electrons. The molecule has 0 unspecified atom stereocenters. The van der Waals surface area contributed by atoms with E-state index in [-0.39, 0.29) is 5.91 Å². The number of hydrogen-bond acceptors (Lipinski definition) is 3. The summed E-state index contributed by atoms with van der Waals surface area (Å²) in [7, 11) is 0. The van der Waals surface area contributed by atoms with Gasteiger partial charge in [-0.05, 0) is 45.9 Å². The lowest BCUT2D eigenvalue weighted by molar-refractivity contribution is -0.126. The van der Waals surface area contributed by atoms with Crippen LogP contribution >= 0.6 is 11.6 Å². The molecule has 1 aromatic carbocycles. The number of amides is 1. The van der Waals surface area contributed by atoms with E-state index in [0.717, 1.165) is 0 Å². The molecule has 0 aromatic heterocycles. The van der Waals surface area contributed by atoms with Gasteiger partial charge < -0.3 is 11.1 Å². The highest BCUT2D eigenvalue weighted by Gasteiger charge is 2.40. The second-order valence-electron chi connectivity index (χ2n) is 5.61. The van der Waals surface area contributed by atoms with Gasteiger partial charge in [-0.1, -0.05) is 11.6 Å². The first-order valence-corrected chi connectivity index (χ1v) is 6.27. The van der Waals surface area contributed by atoms with Crippen molar-refractivity contribution in [3.05, 3.63) is 28.8 Å². The zero-order valence-corrected chi connectivity index (χ0v) is 12.3. The van der Waals surface area contributed by atoms with Crippen LogP contribution in [0.4, 0.5) is 5.69 Å². The minimum Gasteiger partial charge on any atom is -0.326 e. The molecule has 19 heavy (non-hydrogen) atoms. The third-order valence-corrected chi connectivity index (χ3v) is 3.85. The molecule has 0 spiro atoms. The van der Waals surface area contributed by atoms with Crippen molar-refractivity contribution in [1.29, 1.82) is 5.26 Å². The first kappa shape index (κ1) is 15.5. The summed E-state index contributed by atoms with van der Waals surface area (Å²) < 4.78 is 0. The van der Waals surface area contributed by atoms with Crippen molar-refractivity contribution < 1.29 is 4.79 Å². The van der Waals surface area contributed by atoms with Crippen LogP contribution in [0.3, 0.4) is 0 Å². The zero-order chi connectivity index (χ0) is 14.8. The second kappa shape index (κ2) is 5.20. The fourth-order valence-electron chi connectivity index (χ4n) is 1.27. The second-order valence-corrected chi connectivity index (χ2v) is 6.01. The van der Waals surface area contributed by atoms with Gasteiger partial charge in [-0.3, -0.25) is 4.79 Å². The average molecular weight is 280 g/mol. The minimum atomic E-state index is -0.751. The van der Waals surface area contributed by atoms with E-state index in [4.69, 9.17) is 22.6 Å². The topological polar surface area (TPSA) is 78.9 Å². The molecule has 5 heteroatoms. The van der Waals surface area contributed by atoms with Crippen molar-refractivity contribution in [2.75, 3.05) is 5.32 Å². The van der Waals surface area contributed by atoms with Crippen LogP contribution in [-0.4, -0.2) is 11.4 Å². The number of nitriles is 1. The first-order valence-electron chi connectivity index (χ1n) is 5.89. The molecule has 0 aliphatic carbocycles. The first-order chi connectivity index (χ1) is 8.59. The molecule has 0 saturated heterocycles. The van der Waals surface area contributed by atoms with Crippen LogP contribution in [0.25, 0.3) is 0 Å². The van der Waals surface area contributed by atoms with Gasteiger partial charge in [0.2, 0.25) is 5.91 Å². The molecule has 4 nitrogen and oxygen atoms in total. The monoisotopic (exact) mass is 279 g/mol. The number of anilines is 1. The SMILES string of the molecule is CC(C)(N)C(C)(C)C(=O)Nc1ccc(Cl)c(C#N)c1. The Morgan fingerprint density at radius 1 is 1.37 bits per heavy atom. The summed E-state index contributed by atoms with van der Waals surface area (Å²) in [5, 5.41) is 12.0. The molecule has 0 bridgehead atoms. The van der Waals surface area contributed by atoms with Gasteiger partial charge in [-0.15, -0.1) is 0 Å². The maximum atomic E-state index is 12.3. The number of nitrogens with two attached hydrogens (primary N) is 1. The number of carbonyl (C=O) groups is 1. The van der Waals surface area contributed by atoms with Crippen molar-refractivity contribution in [2.24, 2.45) is 11.1 Å². The largest absolute Gasteiger partial charge is 0.326 e. The van der Waals surface area contributed by atoms with Crippen molar-refractivity contribution in [1.82, 2.24) is 0 Å². The van der Waals surface area contributed by atoms with Gasteiger partial charge in [0.1, 0.15) is 6.07 Å². The number of hydrogen-bond donors (Lipinski definition) is 2. The van der Waals surface area contributed by atoms with E-state index in [0.29, 0.717) is 16.3 Å². The molecule has 0 atom stereocenters. The Balaban J connectivity index is 2.99. The molecule has 0 heterocycles. The molecule has 0 fully saturated rings. The van der Waals surface area contributed by atoms with Crippen molar-refractivity contribution >= 4 is 23.2 Å². The van der Waals surface area contributed by atoms with Crippen molar-refractivity contribution in [2.45, 2.75) is 33.2 Å². The summed E-state index contributed by atoms with van der Waals surface area (Å²) in [5.41, 5.74) is 5.45. The molecular formula is C14H18ClN3O. The van der Waals surface area contributed by atoms with E-state index in [2.05, 4.69) is 5.32 Å². The Morgan fingerprint density at radius 2 is 1.95 bits per heavy atom. The van der Waals surface area contributed by atoms with E-state index in [9.17, 15) is 4.79 Å². The summed E-state index contributed by atoms with van der Waals surface area (Å²) in [6, 6.07) is 6.74. The van der Waals surface area contributed by atoms with Crippen LogP contribution in [0.2, 0.25) is 5.02 Å². The fourth-order valence-corrected chi connectivity index (χ4v) is 1.43. The van der Waals surface area contributed by atoms with E-state index in [1.54, 1.807) is 45.9 Å². The Morgan fingerprint density at radius 3 is 2.42 bits per heavy atom. The predicted octanol–water partition coefficient (Wildman–Crippen LogP) is 2.91. The third-order valence-electron chi connectivity index (χ3n) is 3.52. The van der Waals surface area contributed by atoms with Crippen LogP contribution in [-0.2, 0) is 4.79 Å². The Hall–Kier alpha value is -1.57. The van der Waals surface area contributed by atoms with Crippen LogP contribution in [0.15, 0.2) is 18.2 Å². The van der Waals surface area contributed by atoms with E-state index in [1.165, 1.54) is 0 Å². The van der Waals surface area contributed by atoms with E-state index in [1.807, 2.05) is 6.07 Å². The number of nitrogens with zero attached hydrogens (tertiary/aromatic N) is 1. The number of halogens is 1. The van der Waals surface area contributed by atoms with Gasteiger partial charge in [-0.25, -0.2) is 0 Å². The van der Waals surface area contributed by atoms with Gasteiger partial charge in [0.05, 0.1) is 16.0 Å². The molecular weight excluding hydrogens is 262 g/mol. The zero-order valence-electron chi connectivity index (χ0n) is 11.5. The molecule has 1 amide bonds. The number of nitrogens with one attached hydrogen (secondary N) is 1. The minimum absolute atomic E-state index is 0.203. The Kier molecular flexibility index (Phi) is 4.24. The molecule has 102 valence electrons. The lowest BCUT2D eigenvalue weighted by Gasteiger charge is -2.36. The van der Waals surface area contributed by atoms with E-state index < -0.39 is 11.0 Å². The number of carbonyl (C=O) groups excluding carboxylic acids is 1. The summed E-state index contributed by atoms with van der Waals surface area (Å²) in [4.78, 5) is 12.3. The molecule has 0 saturated carbocycles. The van der Waals surface area contributed by atoms with Crippen LogP contribution in [0.1, 0.15) is 33.3 Å². The number of rotatable bonds is 3. The normalized spacial score (nSPS) is 11.8. The van der Waals surface area contributed by atoms with E-state index >= 15 is 0 Å². The summed E-state index contributed by atoms with van der Waals surface area (Å²) in [6.45, 7) is 7.16. The van der Waals surface area contributed by atoms with Crippen molar-refractivity contribution in [3.63, 3.8) is 0 Å². The molecule has 1 aromatic rings.